The molecular weight excluding hydrogens is 659 g/mol. The number of rotatable bonds is 34. The van der Waals surface area contributed by atoms with Gasteiger partial charge in [-0.15, -0.1) is 0 Å². The fourth-order valence-corrected chi connectivity index (χ4v) is 5.42. The van der Waals surface area contributed by atoms with Crippen molar-refractivity contribution in [2.75, 3.05) is 13.2 Å². The third kappa shape index (κ3) is 34.4. The molecule has 50 heavy (non-hydrogen) atoms. The van der Waals surface area contributed by atoms with E-state index in [0.29, 0.717) is 25.7 Å². The maximum absolute atomic E-state index is 12.4. The van der Waals surface area contributed by atoms with Gasteiger partial charge in [-0.3, -0.25) is 14.1 Å². The van der Waals surface area contributed by atoms with Crippen LogP contribution in [0.3, 0.4) is 0 Å². The number of phosphoric acid groups is 1. The molecule has 0 aromatic rings. The van der Waals surface area contributed by atoms with Crippen molar-refractivity contribution in [3.63, 3.8) is 0 Å². The average molecular weight is 729 g/mol. The lowest BCUT2D eigenvalue weighted by Gasteiger charge is -2.18. The second-order valence-electron chi connectivity index (χ2n) is 12.8. The SMILES string of the molecule is CC/C=C\C/C=C\C/C=C\CCCCCCCC(=O)OC[C@H](COP(=O)(O)O)OC(=O)CCCCCCC[C@H](O)[C@@H](O)C/C=C\CCCCC. The number of carbonyl (C=O) groups is 2. The molecule has 0 heterocycles. The van der Waals surface area contributed by atoms with Crippen molar-refractivity contribution in [3.8, 4) is 0 Å². The first-order chi connectivity index (χ1) is 24.1. The van der Waals surface area contributed by atoms with E-state index in [4.69, 9.17) is 19.3 Å². The van der Waals surface area contributed by atoms with E-state index in [-0.39, 0.29) is 19.4 Å². The summed E-state index contributed by atoms with van der Waals surface area (Å²) in [5, 5.41) is 20.3. The Morgan fingerprint density at radius 1 is 0.620 bits per heavy atom. The highest BCUT2D eigenvalue weighted by atomic mass is 31.2. The zero-order valence-electron chi connectivity index (χ0n) is 31.0. The normalized spacial score (nSPS) is 14.3. The quantitative estimate of drug-likeness (QED) is 0.0218. The van der Waals surface area contributed by atoms with Crippen molar-refractivity contribution in [3.05, 3.63) is 48.6 Å². The van der Waals surface area contributed by atoms with Crippen LogP contribution in [0.5, 0.6) is 0 Å². The Morgan fingerprint density at radius 2 is 1.16 bits per heavy atom. The highest BCUT2D eigenvalue weighted by Gasteiger charge is 2.23. The topological polar surface area (TPSA) is 160 Å². The van der Waals surface area contributed by atoms with E-state index in [2.05, 4.69) is 60.9 Å². The summed E-state index contributed by atoms with van der Waals surface area (Å²) in [4.78, 5) is 42.7. The van der Waals surface area contributed by atoms with E-state index in [1.54, 1.807) is 0 Å². The van der Waals surface area contributed by atoms with Gasteiger partial charge in [0, 0.05) is 12.8 Å². The molecule has 0 aromatic carbocycles. The Hall–Kier alpha value is -2.07. The van der Waals surface area contributed by atoms with Crippen LogP contribution in [-0.4, -0.2) is 63.5 Å². The lowest BCUT2D eigenvalue weighted by atomic mass is 10.0. The molecule has 0 fully saturated rings. The number of esters is 2. The Balaban J connectivity index is 4.13. The van der Waals surface area contributed by atoms with Crippen LogP contribution in [-0.2, 0) is 28.2 Å². The Kier molecular flexibility index (Phi) is 32.6. The maximum Gasteiger partial charge on any atom is 0.469 e. The zero-order valence-corrected chi connectivity index (χ0v) is 31.9. The highest BCUT2D eigenvalue weighted by molar-refractivity contribution is 7.46. The summed E-state index contributed by atoms with van der Waals surface area (Å²) in [6, 6.07) is 0. The molecular formula is C39H69O10P. The molecule has 0 rings (SSSR count). The molecule has 0 aliphatic carbocycles. The molecule has 0 unspecified atom stereocenters. The number of ether oxygens (including phenoxy) is 2. The van der Waals surface area contributed by atoms with Gasteiger partial charge in [0.05, 0.1) is 18.8 Å². The molecule has 0 bridgehead atoms. The third-order valence-electron chi connectivity index (χ3n) is 8.03. The van der Waals surface area contributed by atoms with E-state index < -0.39 is 44.7 Å². The van der Waals surface area contributed by atoms with E-state index in [9.17, 15) is 24.4 Å². The van der Waals surface area contributed by atoms with Crippen molar-refractivity contribution in [2.24, 2.45) is 0 Å². The van der Waals surface area contributed by atoms with E-state index in [1.807, 2.05) is 6.08 Å². The molecule has 4 N–H and O–H groups in total. The van der Waals surface area contributed by atoms with Gasteiger partial charge in [0.1, 0.15) is 6.61 Å². The first kappa shape index (κ1) is 47.9. The van der Waals surface area contributed by atoms with Gasteiger partial charge in [0.15, 0.2) is 6.10 Å². The van der Waals surface area contributed by atoms with Crippen LogP contribution < -0.4 is 0 Å². The van der Waals surface area contributed by atoms with Crippen molar-refractivity contribution in [1.29, 1.82) is 0 Å². The predicted octanol–water partition coefficient (Wildman–Crippen LogP) is 9.12. The summed E-state index contributed by atoms with van der Waals surface area (Å²) in [5.74, 6) is -1.02. The van der Waals surface area contributed by atoms with Crippen LogP contribution in [0.2, 0.25) is 0 Å². The van der Waals surface area contributed by atoms with Crippen molar-refractivity contribution >= 4 is 19.8 Å². The molecule has 0 amide bonds. The number of allylic oxidation sites excluding steroid dienone is 7. The van der Waals surface area contributed by atoms with Crippen LogP contribution in [0.15, 0.2) is 48.6 Å². The summed E-state index contributed by atoms with van der Waals surface area (Å²) < 4.78 is 26.2. The van der Waals surface area contributed by atoms with Crippen molar-refractivity contribution in [2.45, 2.75) is 173 Å². The van der Waals surface area contributed by atoms with Gasteiger partial charge in [0.2, 0.25) is 0 Å². The fraction of sp³-hybridized carbons (Fsp3) is 0.744. The van der Waals surface area contributed by atoms with Gasteiger partial charge in [-0.25, -0.2) is 4.57 Å². The smallest absolute Gasteiger partial charge is 0.462 e. The zero-order chi connectivity index (χ0) is 37.1. The lowest BCUT2D eigenvalue weighted by Crippen LogP contribution is -2.29. The predicted molar refractivity (Wildman–Crippen MR) is 200 cm³/mol. The van der Waals surface area contributed by atoms with Gasteiger partial charge in [-0.05, 0) is 70.6 Å². The fourth-order valence-electron chi connectivity index (χ4n) is 5.06. The molecule has 290 valence electrons. The molecule has 0 aliphatic rings. The molecule has 10 nitrogen and oxygen atoms in total. The molecule has 0 radical (unpaired) electrons. The van der Waals surface area contributed by atoms with Crippen LogP contribution in [0.25, 0.3) is 0 Å². The van der Waals surface area contributed by atoms with Crippen LogP contribution >= 0.6 is 7.82 Å². The summed E-state index contributed by atoms with van der Waals surface area (Å²) >= 11 is 0. The molecule has 0 aromatic heterocycles. The summed E-state index contributed by atoms with van der Waals surface area (Å²) in [6.07, 6.45) is 32.8. The van der Waals surface area contributed by atoms with Crippen LogP contribution in [0, 0.1) is 0 Å². The van der Waals surface area contributed by atoms with Crippen LogP contribution in [0.1, 0.15) is 155 Å². The second-order valence-corrected chi connectivity index (χ2v) is 14.1. The highest BCUT2D eigenvalue weighted by Crippen LogP contribution is 2.36. The van der Waals surface area contributed by atoms with Gasteiger partial charge in [0.25, 0.3) is 0 Å². The van der Waals surface area contributed by atoms with Gasteiger partial charge in [-0.2, -0.15) is 0 Å². The largest absolute Gasteiger partial charge is 0.469 e. The number of phosphoric ester groups is 1. The third-order valence-corrected chi connectivity index (χ3v) is 8.52. The number of aliphatic hydroxyl groups is 2. The number of carbonyl (C=O) groups excluding carboxylic acids is 2. The lowest BCUT2D eigenvalue weighted by molar-refractivity contribution is -0.161. The molecule has 0 spiro atoms. The molecule has 3 atom stereocenters. The monoisotopic (exact) mass is 728 g/mol. The Morgan fingerprint density at radius 3 is 1.80 bits per heavy atom. The van der Waals surface area contributed by atoms with E-state index >= 15 is 0 Å². The summed E-state index contributed by atoms with van der Waals surface area (Å²) in [7, 11) is -4.80. The number of hydrogen-bond donors (Lipinski definition) is 4. The van der Waals surface area contributed by atoms with E-state index in [0.717, 1.165) is 89.9 Å². The molecule has 0 aliphatic heterocycles. The van der Waals surface area contributed by atoms with Crippen LogP contribution in [0.4, 0.5) is 0 Å². The van der Waals surface area contributed by atoms with Gasteiger partial charge in [-0.1, -0.05) is 120 Å². The number of hydrogen-bond acceptors (Lipinski definition) is 8. The number of unbranched alkanes of at least 4 members (excludes halogenated alkanes) is 12. The maximum atomic E-state index is 12.4. The van der Waals surface area contributed by atoms with E-state index in [1.165, 1.54) is 12.8 Å². The van der Waals surface area contributed by atoms with Gasteiger partial charge < -0.3 is 29.5 Å². The molecule has 0 saturated carbocycles. The van der Waals surface area contributed by atoms with Gasteiger partial charge >= 0.3 is 19.8 Å². The summed E-state index contributed by atoms with van der Waals surface area (Å²) in [5.41, 5.74) is 0. The van der Waals surface area contributed by atoms with Crippen molar-refractivity contribution < 1.29 is 48.2 Å². The average Bonchev–Trinajstić information content (AvgIpc) is 3.08. The minimum Gasteiger partial charge on any atom is -0.462 e. The first-order valence-electron chi connectivity index (χ1n) is 19.1. The second kappa shape index (κ2) is 34.0. The Labute approximate surface area is 302 Å². The number of aliphatic hydroxyl groups excluding tert-OH is 2. The minimum atomic E-state index is -4.80. The molecule has 11 heteroatoms. The first-order valence-corrected chi connectivity index (χ1v) is 20.6. The minimum absolute atomic E-state index is 0.107. The van der Waals surface area contributed by atoms with Crippen molar-refractivity contribution in [1.82, 2.24) is 0 Å². The standard InChI is InChI=1S/C39H69O10P/c1-3-5-7-9-11-12-13-14-15-16-17-18-19-23-27-31-38(42)47-33-35(34-48-50(44,45)46)49-39(43)32-28-24-20-22-26-30-37(41)36(40)29-25-21-10-8-6-4-2/h5,7,11-12,14-15,21,25,35-37,40-41H,3-4,6,8-10,13,16-20,22-24,26-34H2,1-2H3,(H2,44,45,46)/b7-5-,12-11-,15-14-,25-21-/t35-,36+,37+/m1/s1. The Bertz CT molecular complexity index is 987. The summed E-state index contributed by atoms with van der Waals surface area (Å²) in [6.45, 7) is 3.35. The molecule has 0 saturated heterocycles.